The van der Waals surface area contributed by atoms with E-state index in [0.717, 1.165) is 18.8 Å². The molecule has 8 nitrogen and oxygen atoms in total. The summed E-state index contributed by atoms with van der Waals surface area (Å²) in [7, 11) is 0. The molecule has 2 aromatic heterocycles. The largest absolute Gasteiger partial charge is 0.353 e. The van der Waals surface area contributed by atoms with Crippen LogP contribution < -0.4 is 15.5 Å². The summed E-state index contributed by atoms with van der Waals surface area (Å²) in [6.45, 7) is 3.40. The average Bonchev–Trinajstić information content (AvgIpc) is 3.15. The van der Waals surface area contributed by atoms with Crippen molar-refractivity contribution >= 4 is 23.4 Å². The van der Waals surface area contributed by atoms with Crippen molar-refractivity contribution < 1.29 is 9.32 Å². The Morgan fingerprint density at radius 2 is 2.43 bits per heavy atom. The smallest absolute Gasteiger partial charge is 0.315 e. The second-order valence-electron chi connectivity index (χ2n) is 5.30. The molecule has 2 N–H and O–H groups in total. The van der Waals surface area contributed by atoms with Gasteiger partial charge in [0.1, 0.15) is 5.82 Å². The number of nitrogens with zero attached hydrogens (tertiary/aromatic N) is 4. The van der Waals surface area contributed by atoms with Crippen LogP contribution in [-0.2, 0) is 6.54 Å². The number of carbonyl (C=O) groups excluding carboxylic acids is 1. The number of halogens is 1. The topological polar surface area (TPSA) is 96.2 Å². The van der Waals surface area contributed by atoms with Crippen molar-refractivity contribution in [1.82, 2.24) is 25.8 Å². The third-order valence-electron chi connectivity index (χ3n) is 3.54. The number of hydrogen-bond acceptors (Lipinski definition) is 6. The quantitative estimate of drug-likeness (QED) is 0.878. The first kappa shape index (κ1) is 15.5. The maximum atomic E-state index is 11.9. The molecule has 122 valence electrons. The second kappa shape index (κ2) is 6.82. The monoisotopic (exact) mass is 336 g/mol. The highest BCUT2D eigenvalue weighted by Gasteiger charge is 2.26. The summed E-state index contributed by atoms with van der Waals surface area (Å²) in [6.07, 6.45) is 2.54. The molecule has 3 rings (SSSR count). The second-order valence-corrected chi connectivity index (χ2v) is 5.70. The van der Waals surface area contributed by atoms with Gasteiger partial charge in [-0.1, -0.05) is 16.8 Å². The molecule has 1 aliphatic rings. The number of hydrogen-bond donors (Lipinski definition) is 2. The fraction of sp³-hybridized carbons (Fsp3) is 0.429. The fourth-order valence-corrected chi connectivity index (χ4v) is 2.73. The number of rotatable bonds is 4. The molecule has 9 heteroatoms. The normalized spacial score (nSPS) is 17.3. The number of anilines is 1. The van der Waals surface area contributed by atoms with Crippen molar-refractivity contribution in [3.63, 3.8) is 0 Å². The molecule has 0 aromatic carbocycles. The highest BCUT2D eigenvalue weighted by atomic mass is 35.5. The van der Waals surface area contributed by atoms with Crippen molar-refractivity contribution in [1.29, 1.82) is 0 Å². The van der Waals surface area contributed by atoms with E-state index < -0.39 is 0 Å². The zero-order valence-electron chi connectivity index (χ0n) is 12.6. The maximum absolute atomic E-state index is 11.9. The van der Waals surface area contributed by atoms with Crippen LogP contribution in [0.4, 0.5) is 10.6 Å². The minimum Gasteiger partial charge on any atom is -0.353 e. The summed E-state index contributed by atoms with van der Waals surface area (Å²) >= 11 is 6.15. The van der Waals surface area contributed by atoms with Gasteiger partial charge >= 0.3 is 6.03 Å². The van der Waals surface area contributed by atoms with Crippen LogP contribution >= 0.6 is 11.6 Å². The van der Waals surface area contributed by atoms with Crippen molar-refractivity contribution in [2.75, 3.05) is 18.0 Å². The van der Waals surface area contributed by atoms with Crippen LogP contribution in [0.5, 0.6) is 0 Å². The van der Waals surface area contributed by atoms with Crippen molar-refractivity contribution in [3.05, 3.63) is 35.1 Å². The van der Waals surface area contributed by atoms with Gasteiger partial charge in [0.15, 0.2) is 5.82 Å². The lowest BCUT2D eigenvalue weighted by Gasteiger charge is -2.18. The van der Waals surface area contributed by atoms with E-state index in [4.69, 9.17) is 16.1 Å². The first-order valence-electron chi connectivity index (χ1n) is 7.31. The molecule has 1 atom stereocenters. The molecule has 3 heterocycles. The van der Waals surface area contributed by atoms with E-state index in [1.165, 1.54) is 0 Å². The lowest BCUT2D eigenvalue weighted by molar-refractivity contribution is 0.237. The number of aryl methyl sites for hydroxylation is 1. The molecule has 1 saturated heterocycles. The third-order valence-corrected chi connectivity index (χ3v) is 3.83. The molecular formula is C14H17ClN6O2. The van der Waals surface area contributed by atoms with E-state index in [2.05, 4.69) is 30.7 Å². The minimum absolute atomic E-state index is 0.0417. The van der Waals surface area contributed by atoms with Crippen LogP contribution in [0.2, 0.25) is 5.02 Å². The van der Waals surface area contributed by atoms with Gasteiger partial charge in [-0.05, 0) is 18.6 Å². The molecular weight excluding hydrogens is 320 g/mol. The van der Waals surface area contributed by atoms with Gasteiger partial charge in [-0.2, -0.15) is 4.98 Å². The Morgan fingerprint density at radius 1 is 1.57 bits per heavy atom. The summed E-state index contributed by atoms with van der Waals surface area (Å²) in [5, 5.41) is 9.97. The van der Waals surface area contributed by atoms with Crippen molar-refractivity contribution in [3.8, 4) is 0 Å². The predicted molar refractivity (Wildman–Crippen MR) is 84.3 cm³/mol. The zero-order valence-corrected chi connectivity index (χ0v) is 13.4. The molecule has 0 saturated carbocycles. The third kappa shape index (κ3) is 3.89. The molecule has 1 unspecified atom stereocenters. The SMILES string of the molecule is Cc1nc(CNC(=O)NC2CCN(c3ncccc3Cl)C2)no1. The van der Waals surface area contributed by atoms with Crippen LogP contribution in [-0.4, -0.2) is 40.3 Å². The number of amides is 2. The number of carbonyl (C=O) groups is 1. The molecule has 23 heavy (non-hydrogen) atoms. The van der Waals surface area contributed by atoms with Crippen molar-refractivity contribution in [2.24, 2.45) is 0 Å². The van der Waals surface area contributed by atoms with E-state index in [1.807, 2.05) is 6.07 Å². The lowest BCUT2D eigenvalue weighted by Crippen LogP contribution is -2.43. The Morgan fingerprint density at radius 3 is 3.17 bits per heavy atom. The molecule has 1 fully saturated rings. The molecule has 2 amide bonds. The zero-order chi connectivity index (χ0) is 16.2. The Balaban J connectivity index is 1.48. The Hall–Kier alpha value is -2.35. The van der Waals surface area contributed by atoms with Crippen LogP contribution in [0.3, 0.4) is 0 Å². The Kier molecular flexibility index (Phi) is 4.61. The van der Waals surface area contributed by atoms with E-state index >= 15 is 0 Å². The Labute approximate surface area is 138 Å². The summed E-state index contributed by atoms with van der Waals surface area (Å²) in [5.41, 5.74) is 0. The fourth-order valence-electron chi connectivity index (χ4n) is 2.49. The van der Waals surface area contributed by atoms with Gasteiger partial charge in [0.2, 0.25) is 5.89 Å². The summed E-state index contributed by atoms with van der Waals surface area (Å²) in [5.74, 6) is 1.67. The van der Waals surface area contributed by atoms with Gasteiger partial charge in [0.25, 0.3) is 0 Å². The summed E-state index contributed by atoms with van der Waals surface area (Å²) in [4.78, 5) is 22.3. The van der Waals surface area contributed by atoms with Gasteiger partial charge in [-0.3, -0.25) is 0 Å². The van der Waals surface area contributed by atoms with Crippen LogP contribution in [0.25, 0.3) is 0 Å². The summed E-state index contributed by atoms with van der Waals surface area (Å²) in [6, 6.07) is 3.39. The molecule has 0 aliphatic carbocycles. The summed E-state index contributed by atoms with van der Waals surface area (Å²) < 4.78 is 4.85. The standard InChI is InChI=1S/C14H17ClN6O2/c1-9-18-12(20-23-9)7-17-14(22)19-10-4-6-21(8-10)13-11(15)3-2-5-16-13/h2-3,5,10H,4,6-8H2,1H3,(H2,17,19,22). The number of pyridine rings is 1. The van der Waals surface area contributed by atoms with E-state index in [0.29, 0.717) is 23.3 Å². The first-order chi connectivity index (χ1) is 11.1. The van der Waals surface area contributed by atoms with Crippen molar-refractivity contribution in [2.45, 2.75) is 25.9 Å². The van der Waals surface area contributed by atoms with E-state index in [1.54, 1.807) is 19.2 Å². The molecule has 1 aliphatic heterocycles. The lowest BCUT2D eigenvalue weighted by atomic mass is 10.3. The van der Waals surface area contributed by atoms with Gasteiger partial charge in [-0.15, -0.1) is 0 Å². The Bertz CT molecular complexity index is 691. The van der Waals surface area contributed by atoms with Crippen LogP contribution in [0.15, 0.2) is 22.9 Å². The molecule has 2 aromatic rings. The minimum atomic E-state index is -0.258. The van der Waals surface area contributed by atoms with E-state index in [9.17, 15) is 4.79 Å². The van der Waals surface area contributed by atoms with Gasteiger partial charge in [0.05, 0.1) is 11.6 Å². The highest BCUT2D eigenvalue weighted by molar-refractivity contribution is 6.32. The highest BCUT2D eigenvalue weighted by Crippen LogP contribution is 2.25. The van der Waals surface area contributed by atoms with Crippen LogP contribution in [0, 0.1) is 6.92 Å². The molecule has 0 spiro atoms. The number of nitrogens with one attached hydrogen (secondary N) is 2. The number of urea groups is 1. The van der Waals surface area contributed by atoms with Gasteiger partial charge in [-0.25, -0.2) is 9.78 Å². The average molecular weight is 337 g/mol. The van der Waals surface area contributed by atoms with Gasteiger partial charge < -0.3 is 20.1 Å². The molecule has 0 bridgehead atoms. The first-order valence-corrected chi connectivity index (χ1v) is 7.68. The maximum Gasteiger partial charge on any atom is 0.315 e. The molecule has 0 radical (unpaired) electrons. The predicted octanol–water partition coefficient (Wildman–Crippen LogP) is 1.50. The van der Waals surface area contributed by atoms with Gasteiger partial charge in [0, 0.05) is 32.3 Å². The van der Waals surface area contributed by atoms with E-state index in [-0.39, 0.29) is 18.6 Å². The number of aromatic nitrogens is 3. The van der Waals surface area contributed by atoms with Crippen LogP contribution in [0.1, 0.15) is 18.1 Å².